The summed E-state index contributed by atoms with van der Waals surface area (Å²) in [5.41, 5.74) is 10.2. The summed E-state index contributed by atoms with van der Waals surface area (Å²) >= 11 is 8.11. The fraction of sp³-hybridized carbons (Fsp3) is 0.167. The average Bonchev–Trinajstić information content (AvgIpc) is 2.63. The van der Waals surface area contributed by atoms with Crippen LogP contribution in [0.25, 0.3) is 0 Å². The number of nitrogens with two attached hydrogens (primary N) is 1. The highest BCUT2D eigenvalue weighted by atomic mass is 79.9. The molecular formula is C18H19BrN4O3S. The normalized spacial score (nSPS) is 10.5. The lowest BCUT2D eigenvalue weighted by atomic mass is 10.2. The van der Waals surface area contributed by atoms with Gasteiger partial charge in [-0.05, 0) is 58.8 Å². The van der Waals surface area contributed by atoms with Crippen LogP contribution in [0.4, 0.5) is 5.69 Å². The number of carbonyl (C=O) groups is 1. The predicted molar refractivity (Wildman–Crippen MR) is 114 cm³/mol. The van der Waals surface area contributed by atoms with Crippen LogP contribution in [0.1, 0.15) is 11.1 Å². The number of halogens is 1. The lowest BCUT2D eigenvalue weighted by Crippen LogP contribution is -2.24. The van der Waals surface area contributed by atoms with Crippen LogP contribution < -0.4 is 25.9 Å². The smallest absolute Gasteiger partial charge is 0.262 e. The molecule has 0 saturated heterocycles. The third-order valence-electron chi connectivity index (χ3n) is 3.44. The molecule has 0 aromatic heterocycles. The van der Waals surface area contributed by atoms with Crippen molar-refractivity contribution in [1.29, 1.82) is 0 Å². The molecule has 9 heteroatoms. The number of thiocarbonyl (C=S) groups is 1. The SMILES string of the molecule is COc1cc(C=NNC(N)=S)c(Br)cc1OCC(=O)Nc1ccccc1C. The van der Waals surface area contributed by atoms with Gasteiger partial charge in [0.25, 0.3) is 5.91 Å². The van der Waals surface area contributed by atoms with E-state index in [0.29, 0.717) is 21.5 Å². The standard InChI is InChI=1S/C18H19BrN4O3S/c1-11-5-3-4-6-14(11)22-17(24)10-26-16-8-13(19)12(7-15(16)25-2)9-21-23-18(20)27/h3-9H,10H2,1-2H3,(H,22,24)(H3,20,23,27). The van der Waals surface area contributed by atoms with Crippen molar-refractivity contribution in [3.05, 3.63) is 52.0 Å². The lowest BCUT2D eigenvalue weighted by molar-refractivity contribution is -0.118. The zero-order valence-corrected chi connectivity index (χ0v) is 17.2. The first kappa shape index (κ1) is 20.7. The molecule has 27 heavy (non-hydrogen) atoms. The molecule has 142 valence electrons. The van der Waals surface area contributed by atoms with Crippen molar-refractivity contribution in [3.63, 3.8) is 0 Å². The number of hydrogen-bond acceptors (Lipinski definition) is 5. The Morgan fingerprint density at radius 1 is 1.33 bits per heavy atom. The number of rotatable bonds is 7. The summed E-state index contributed by atoms with van der Waals surface area (Å²) in [6.45, 7) is 1.76. The Balaban J connectivity index is 2.06. The highest BCUT2D eigenvalue weighted by Crippen LogP contribution is 2.33. The Kier molecular flexibility index (Phi) is 7.56. The molecule has 0 radical (unpaired) electrons. The Labute approximate surface area is 171 Å². The molecular weight excluding hydrogens is 432 g/mol. The maximum atomic E-state index is 12.2. The Morgan fingerprint density at radius 2 is 2.07 bits per heavy atom. The number of nitrogens with one attached hydrogen (secondary N) is 2. The average molecular weight is 451 g/mol. The highest BCUT2D eigenvalue weighted by molar-refractivity contribution is 9.10. The molecule has 0 unspecified atom stereocenters. The van der Waals surface area contributed by atoms with E-state index >= 15 is 0 Å². The van der Waals surface area contributed by atoms with Crippen molar-refractivity contribution in [2.24, 2.45) is 10.8 Å². The molecule has 2 aromatic rings. The molecule has 2 rings (SSSR count). The van der Waals surface area contributed by atoms with E-state index in [0.717, 1.165) is 11.3 Å². The molecule has 0 heterocycles. The van der Waals surface area contributed by atoms with Crippen molar-refractivity contribution < 1.29 is 14.3 Å². The number of amides is 1. The number of methoxy groups -OCH3 is 1. The van der Waals surface area contributed by atoms with Gasteiger partial charge in [0, 0.05) is 15.7 Å². The number of nitrogens with zero attached hydrogens (tertiary/aromatic N) is 1. The van der Waals surface area contributed by atoms with Crippen LogP contribution in [0, 0.1) is 6.92 Å². The Hall–Kier alpha value is -2.65. The second-order valence-corrected chi connectivity index (χ2v) is 6.70. The number of para-hydroxylation sites is 1. The molecule has 4 N–H and O–H groups in total. The van der Waals surface area contributed by atoms with Gasteiger partial charge >= 0.3 is 0 Å². The van der Waals surface area contributed by atoms with Crippen LogP contribution in [0.2, 0.25) is 0 Å². The van der Waals surface area contributed by atoms with E-state index in [4.69, 9.17) is 15.2 Å². The zero-order chi connectivity index (χ0) is 19.8. The molecule has 7 nitrogen and oxygen atoms in total. The second kappa shape index (κ2) is 9.89. The topological polar surface area (TPSA) is 98.0 Å². The Bertz CT molecular complexity index is 874. The molecule has 0 spiro atoms. The summed E-state index contributed by atoms with van der Waals surface area (Å²) in [5.74, 6) is 0.608. The number of hydrazone groups is 1. The molecule has 0 fully saturated rings. The van der Waals surface area contributed by atoms with Crippen LogP contribution in [0.15, 0.2) is 46.0 Å². The predicted octanol–water partition coefficient (Wildman–Crippen LogP) is 2.95. The van der Waals surface area contributed by atoms with Gasteiger partial charge in [0.05, 0.1) is 13.3 Å². The van der Waals surface area contributed by atoms with E-state index in [2.05, 4.69) is 44.0 Å². The molecule has 0 saturated carbocycles. The van der Waals surface area contributed by atoms with Crippen LogP contribution in [-0.2, 0) is 4.79 Å². The largest absolute Gasteiger partial charge is 0.493 e. The minimum absolute atomic E-state index is 0.0638. The van der Waals surface area contributed by atoms with Gasteiger partial charge in [0.2, 0.25) is 0 Å². The maximum absolute atomic E-state index is 12.2. The molecule has 0 aliphatic heterocycles. The number of carbonyl (C=O) groups excluding carboxylic acids is 1. The van der Waals surface area contributed by atoms with E-state index in [1.165, 1.54) is 13.3 Å². The van der Waals surface area contributed by atoms with Crippen molar-refractivity contribution in [3.8, 4) is 11.5 Å². The monoisotopic (exact) mass is 450 g/mol. The van der Waals surface area contributed by atoms with E-state index in [1.807, 2.05) is 31.2 Å². The van der Waals surface area contributed by atoms with E-state index in [1.54, 1.807) is 12.1 Å². The minimum atomic E-state index is -0.270. The zero-order valence-electron chi connectivity index (χ0n) is 14.8. The number of hydrogen-bond donors (Lipinski definition) is 3. The van der Waals surface area contributed by atoms with Gasteiger partial charge in [0.15, 0.2) is 23.2 Å². The van der Waals surface area contributed by atoms with Crippen LogP contribution in [-0.4, -0.2) is 31.0 Å². The first-order valence-corrected chi connectivity index (χ1v) is 9.05. The van der Waals surface area contributed by atoms with Crippen molar-refractivity contribution in [2.75, 3.05) is 19.0 Å². The summed E-state index contributed by atoms with van der Waals surface area (Å²) in [6.07, 6.45) is 1.53. The van der Waals surface area contributed by atoms with E-state index in [9.17, 15) is 4.79 Å². The van der Waals surface area contributed by atoms with Crippen LogP contribution in [0.3, 0.4) is 0 Å². The molecule has 0 aliphatic rings. The van der Waals surface area contributed by atoms with Gasteiger partial charge in [0.1, 0.15) is 0 Å². The third kappa shape index (κ3) is 6.22. The van der Waals surface area contributed by atoms with Crippen LogP contribution >= 0.6 is 28.1 Å². The number of anilines is 1. The number of ether oxygens (including phenoxy) is 2. The summed E-state index contributed by atoms with van der Waals surface area (Å²) in [6, 6.07) is 10.9. The Morgan fingerprint density at radius 3 is 2.74 bits per heavy atom. The second-order valence-electron chi connectivity index (χ2n) is 5.41. The molecule has 1 amide bonds. The summed E-state index contributed by atoms with van der Waals surface area (Å²) in [5, 5.41) is 6.78. The van der Waals surface area contributed by atoms with Gasteiger partial charge < -0.3 is 20.5 Å². The summed E-state index contributed by atoms with van der Waals surface area (Å²) < 4.78 is 11.6. The van der Waals surface area contributed by atoms with Gasteiger partial charge in [-0.15, -0.1) is 0 Å². The summed E-state index contributed by atoms with van der Waals surface area (Å²) in [4.78, 5) is 12.2. The molecule has 0 bridgehead atoms. The first-order chi connectivity index (χ1) is 12.9. The maximum Gasteiger partial charge on any atom is 0.262 e. The fourth-order valence-corrected chi connectivity index (χ4v) is 2.61. The minimum Gasteiger partial charge on any atom is -0.493 e. The molecule has 0 atom stereocenters. The van der Waals surface area contributed by atoms with Gasteiger partial charge in [-0.3, -0.25) is 10.2 Å². The number of aryl methyl sites for hydroxylation is 1. The van der Waals surface area contributed by atoms with E-state index in [-0.39, 0.29) is 17.6 Å². The quantitative estimate of drug-likeness (QED) is 0.340. The van der Waals surface area contributed by atoms with Crippen LogP contribution in [0.5, 0.6) is 11.5 Å². The number of benzene rings is 2. The van der Waals surface area contributed by atoms with E-state index < -0.39 is 0 Å². The van der Waals surface area contributed by atoms with Crippen molar-refractivity contribution in [2.45, 2.75) is 6.92 Å². The molecule has 2 aromatic carbocycles. The van der Waals surface area contributed by atoms with Gasteiger partial charge in [-0.1, -0.05) is 18.2 Å². The van der Waals surface area contributed by atoms with Crippen molar-refractivity contribution in [1.82, 2.24) is 5.43 Å². The molecule has 0 aliphatic carbocycles. The lowest BCUT2D eigenvalue weighted by Gasteiger charge is -2.13. The highest BCUT2D eigenvalue weighted by Gasteiger charge is 2.12. The first-order valence-electron chi connectivity index (χ1n) is 7.85. The van der Waals surface area contributed by atoms with Gasteiger partial charge in [-0.25, -0.2) is 0 Å². The van der Waals surface area contributed by atoms with Crippen molar-refractivity contribution >= 4 is 51.1 Å². The fourth-order valence-electron chi connectivity index (χ4n) is 2.13. The summed E-state index contributed by atoms with van der Waals surface area (Å²) in [7, 11) is 1.51. The third-order valence-corrected chi connectivity index (χ3v) is 4.22. The van der Waals surface area contributed by atoms with Gasteiger partial charge in [-0.2, -0.15) is 5.10 Å².